The van der Waals surface area contributed by atoms with Gasteiger partial charge in [-0.3, -0.25) is 4.79 Å². The van der Waals surface area contributed by atoms with Gasteiger partial charge < -0.3 is 10.1 Å². The maximum absolute atomic E-state index is 11.1. The van der Waals surface area contributed by atoms with E-state index in [0.717, 1.165) is 11.8 Å². The Kier molecular flexibility index (Phi) is 3.69. The van der Waals surface area contributed by atoms with Crippen molar-refractivity contribution in [3.63, 3.8) is 0 Å². The number of aromatic carboxylic acids is 1. The van der Waals surface area contributed by atoms with E-state index in [-0.39, 0.29) is 11.1 Å². The summed E-state index contributed by atoms with van der Waals surface area (Å²) < 4.78 is 0. The topological polar surface area (TPSA) is 83.0 Å². The molecule has 1 aromatic carbocycles. The van der Waals surface area contributed by atoms with E-state index in [2.05, 4.69) is 9.97 Å². The molecule has 0 fully saturated rings. The first-order chi connectivity index (χ1) is 8.56. The van der Waals surface area contributed by atoms with Crippen molar-refractivity contribution in [3.8, 4) is 0 Å². The normalized spacial score (nSPS) is 10.3. The highest BCUT2D eigenvalue weighted by Gasteiger charge is 2.09. The van der Waals surface area contributed by atoms with Crippen LogP contribution in [0.5, 0.6) is 0 Å². The number of carboxylic acid groups (broad SMARTS) is 1. The van der Waals surface area contributed by atoms with Gasteiger partial charge in [-0.2, -0.15) is 0 Å². The Labute approximate surface area is 111 Å². The number of hydrogen-bond donors (Lipinski definition) is 2. The number of H-pyrrole nitrogens is 1. The van der Waals surface area contributed by atoms with E-state index in [1.54, 1.807) is 6.07 Å². The lowest BCUT2D eigenvalue weighted by atomic mass is 10.2. The minimum absolute atomic E-state index is 0.110. The van der Waals surface area contributed by atoms with Gasteiger partial charge in [0.15, 0.2) is 5.16 Å². The zero-order valence-electron chi connectivity index (χ0n) is 8.88. The lowest BCUT2D eigenvalue weighted by Crippen LogP contribution is -2.05. The average molecular weight is 283 g/mol. The van der Waals surface area contributed by atoms with Gasteiger partial charge in [-0.05, 0) is 18.2 Å². The van der Waals surface area contributed by atoms with Crippen LogP contribution in [0.3, 0.4) is 0 Å². The summed E-state index contributed by atoms with van der Waals surface area (Å²) in [4.78, 5) is 29.0. The average Bonchev–Trinajstić information content (AvgIpc) is 2.31. The zero-order chi connectivity index (χ0) is 13.1. The van der Waals surface area contributed by atoms with Crippen molar-refractivity contribution in [3.05, 3.63) is 51.4 Å². The fourth-order valence-electron chi connectivity index (χ4n) is 1.22. The molecule has 0 saturated heterocycles. The second-order valence-corrected chi connectivity index (χ2v) is 4.73. The molecule has 92 valence electrons. The van der Waals surface area contributed by atoms with Gasteiger partial charge in [0.2, 0.25) is 0 Å². The van der Waals surface area contributed by atoms with Crippen LogP contribution in [0.1, 0.15) is 10.4 Å². The van der Waals surface area contributed by atoms with Gasteiger partial charge in [-0.1, -0.05) is 23.4 Å². The molecule has 2 rings (SSSR count). The largest absolute Gasteiger partial charge is 0.478 e. The summed E-state index contributed by atoms with van der Waals surface area (Å²) >= 11 is 7.12. The Hall–Kier alpha value is -1.79. The second-order valence-electron chi connectivity index (χ2n) is 3.29. The van der Waals surface area contributed by atoms with Crippen molar-refractivity contribution in [2.45, 2.75) is 10.1 Å². The molecule has 0 bridgehead atoms. The summed E-state index contributed by atoms with van der Waals surface area (Å²) in [6, 6.07) is 5.67. The summed E-state index contributed by atoms with van der Waals surface area (Å²) in [6.45, 7) is 0. The van der Waals surface area contributed by atoms with Crippen molar-refractivity contribution < 1.29 is 9.90 Å². The highest BCUT2D eigenvalue weighted by atomic mass is 35.5. The van der Waals surface area contributed by atoms with E-state index >= 15 is 0 Å². The van der Waals surface area contributed by atoms with E-state index in [4.69, 9.17) is 16.7 Å². The zero-order valence-corrected chi connectivity index (χ0v) is 10.5. The Morgan fingerprint density at radius 1 is 1.39 bits per heavy atom. The van der Waals surface area contributed by atoms with E-state index in [9.17, 15) is 9.59 Å². The van der Waals surface area contributed by atoms with Crippen molar-refractivity contribution in [2.24, 2.45) is 0 Å². The summed E-state index contributed by atoms with van der Waals surface area (Å²) in [5.41, 5.74) is -0.148. The van der Waals surface area contributed by atoms with Crippen molar-refractivity contribution >= 4 is 29.3 Å². The number of carboxylic acids is 1. The summed E-state index contributed by atoms with van der Waals surface area (Å²) in [5.74, 6) is -1.04. The summed E-state index contributed by atoms with van der Waals surface area (Å²) in [7, 11) is 0. The van der Waals surface area contributed by atoms with E-state index in [1.807, 2.05) is 0 Å². The van der Waals surface area contributed by atoms with Crippen LogP contribution in [-0.2, 0) is 0 Å². The number of aromatic amines is 1. The lowest BCUT2D eigenvalue weighted by Gasteiger charge is -2.03. The van der Waals surface area contributed by atoms with E-state index in [0.29, 0.717) is 15.1 Å². The third kappa shape index (κ3) is 2.91. The number of benzene rings is 1. The SMILES string of the molecule is O=C(O)c1ccc(Sc2nccc(=O)[nH]2)c(Cl)c1. The van der Waals surface area contributed by atoms with Crippen molar-refractivity contribution in [1.29, 1.82) is 0 Å². The van der Waals surface area contributed by atoms with Crippen LogP contribution in [0.2, 0.25) is 5.02 Å². The Balaban J connectivity index is 2.30. The Bertz CT molecular complexity index is 657. The van der Waals surface area contributed by atoms with Gasteiger partial charge in [-0.15, -0.1) is 0 Å². The molecular formula is C11H7ClN2O3S. The predicted octanol–water partition coefficient (Wildman–Crippen LogP) is 2.27. The van der Waals surface area contributed by atoms with Crippen LogP contribution in [0.25, 0.3) is 0 Å². The van der Waals surface area contributed by atoms with Crippen LogP contribution < -0.4 is 5.56 Å². The molecular weight excluding hydrogens is 276 g/mol. The fraction of sp³-hybridized carbons (Fsp3) is 0. The number of hydrogen-bond acceptors (Lipinski definition) is 4. The highest BCUT2D eigenvalue weighted by molar-refractivity contribution is 7.99. The number of rotatable bonds is 3. The molecule has 0 spiro atoms. The molecule has 0 atom stereocenters. The second kappa shape index (κ2) is 5.24. The third-order valence-electron chi connectivity index (χ3n) is 2.03. The predicted molar refractivity (Wildman–Crippen MR) is 67.4 cm³/mol. The maximum atomic E-state index is 11.1. The summed E-state index contributed by atoms with van der Waals surface area (Å²) in [5, 5.41) is 9.49. The van der Waals surface area contributed by atoms with Gasteiger partial charge in [0.05, 0.1) is 10.6 Å². The Morgan fingerprint density at radius 2 is 2.17 bits per heavy atom. The quantitative estimate of drug-likeness (QED) is 0.844. The van der Waals surface area contributed by atoms with Crippen molar-refractivity contribution in [2.75, 3.05) is 0 Å². The number of aromatic nitrogens is 2. The molecule has 0 radical (unpaired) electrons. The third-order valence-corrected chi connectivity index (χ3v) is 3.43. The van der Waals surface area contributed by atoms with E-state index < -0.39 is 5.97 Å². The molecule has 0 unspecified atom stereocenters. The molecule has 2 aromatic rings. The highest BCUT2D eigenvalue weighted by Crippen LogP contribution is 2.31. The molecule has 18 heavy (non-hydrogen) atoms. The fourth-order valence-corrected chi connectivity index (χ4v) is 2.29. The van der Waals surface area contributed by atoms with Gasteiger partial charge >= 0.3 is 5.97 Å². The van der Waals surface area contributed by atoms with Gasteiger partial charge in [-0.25, -0.2) is 9.78 Å². The molecule has 7 heteroatoms. The molecule has 0 aliphatic rings. The minimum Gasteiger partial charge on any atom is -0.478 e. The van der Waals surface area contributed by atoms with Gasteiger partial charge in [0.1, 0.15) is 0 Å². The first kappa shape index (κ1) is 12.7. The first-order valence-electron chi connectivity index (χ1n) is 4.82. The molecule has 0 aliphatic carbocycles. The van der Waals surface area contributed by atoms with Crippen molar-refractivity contribution in [1.82, 2.24) is 9.97 Å². The van der Waals surface area contributed by atoms with Gasteiger partial charge in [0, 0.05) is 17.2 Å². The molecule has 1 aromatic heterocycles. The van der Waals surface area contributed by atoms with Gasteiger partial charge in [0.25, 0.3) is 5.56 Å². The number of nitrogens with zero attached hydrogens (tertiary/aromatic N) is 1. The van der Waals surface area contributed by atoms with Crippen LogP contribution in [-0.4, -0.2) is 21.0 Å². The molecule has 0 saturated carbocycles. The smallest absolute Gasteiger partial charge is 0.335 e. The van der Waals surface area contributed by atoms with Crippen LogP contribution in [0.15, 0.2) is 45.3 Å². The number of halogens is 1. The van der Waals surface area contributed by atoms with Crippen LogP contribution >= 0.6 is 23.4 Å². The molecule has 0 aliphatic heterocycles. The minimum atomic E-state index is -1.04. The number of carbonyl (C=O) groups is 1. The Morgan fingerprint density at radius 3 is 2.78 bits per heavy atom. The van der Waals surface area contributed by atoms with Crippen LogP contribution in [0.4, 0.5) is 0 Å². The lowest BCUT2D eigenvalue weighted by molar-refractivity contribution is 0.0697. The molecule has 2 N–H and O–H groups in total. The monoisotopic (exact) mass is 282 g/mol. The van der Waals surface area contributed by atoms with E-state index in [1.165, 1.54) is 24.4 Å². The summed E-state index contributed by atoms with van der Waals surface area (Å²) in [6.07, 6.45) is 1.39. The maximum Gasteiger partial charge on any atom is 0.335 e. The molecule has 0 amide bonds. The van der Waals surface area contributed by atoms with Crippen LogP contribution in [0, 0.1) is 0 Å². The first-order valence-corrected chi connectivity index (χ1v) is 6.02. The molecule has 5 nitrogen and oxygen atoms in total. The standard InChI is InChI=1S/C11H7ClN2O3S/c12-7-5-6(10(16)17)1-2-8(7)18-11-13-4-3-9(15)14-11/h1-5H,(H,16,17)(H,13,14,15). The molecule has 1 heterocycles. The number of nitrogens with one attached hydrogen (secondary N) is 1.